The number of aromatic nitrogens is 2. The van der Waals surface area contributed by atoms with Crippen LogP contribution in [0.25, 0.3) is 11.4 Å². The van der Waals surface area contributed by atoms with Gasteiger partial charge in [-0.3, -0.25) is 9.69 Å². The van der Waals surface area contributed by atoms with Crippen LogP contribution in [0.3, 0.4) is 0 Å². The lowest BCUT2D eigenvalue weighted by Gasteiger charge is -2.33. The Balaban J connectivity index is 1.35. The second-order valence-electron chi connectivity index (χ2n) is 8.48. The summed E-state index contributed by atoms with van der Waals surface area (Å²) >= 11 is 0. The molecule has 0 bridgehead atoms. The van der Waals surface area contributed by atoms with Crippen LogP contribution in [0, 0.1) is 11.7 Å². The molecule has 0 aliphatic carbocycles. The van der Waals surface area contributed by atoms with Crippen LogP contribution >= 0.6 is 0 Å². The van der Waals surface area contributed by atoms with E-state index < -0.39 is 0 Å². The van der Waals surface area contributed by atoms with Gasteiger partial charge in [-0.25, -0.2) is 4.39 Å². The molecule has 9 heteroatoms. The number of halogens is 1. The molecule has 8 nitrogen and oxygen atoms in total. The van der Waals surface area contributed by atoms with Gasteiger partial charge in [0.05, 0.1) is 26.7 Å². The van der Waals surface area contributed by atoms with E-state index in [-0.39, 0.29) is 17.6 Å². The van der Waals surface area contributed by atoms with Crippen molar-refractivity contribution in [2.24, 2.45) is 5.92 Å². The third-order valence-electron chi connectivity index (χ3n) is 6.03. The van der Waals surface area contributed by atoms with E-state index in [1.807, 2.05) is 25.2 Å². The van der Waals surface area contributed by atoms with Gasteiger partial charge in [-0.2, -0.15) is 4.98 Å². The Morgan fingerprint density at radius 2 is 1.94 bits per heavy atom. The van der Waals surface area contributed by atoms with Crippen LogP contribution < -0.4 is 9.47 Å². The number of piperidine rings is 1. The second-order valence-corrected chi connectivity index (χ2v) is 8.48. The normalized spacial score (nSPS) is 16.3. The fourth-order valence-corrected chi connectivity index (χ4v) is 4.27. The smallest absolute Gasteiger partial charge is 0.241 e. The Morgan fingerprint density at radius 3 is 2.68 bits per heavy atom. The molecule has 1 aromatic heterocycles. The highest BCUT2D eigenvalue weighted by molar-refractivity contribution is 5.79. The molecule has 1 aliphatic heterocycles. The summed E-state index contributed by atoms with van der Waals surface area (Å²) in [5.41, 5.74) is 1.67. The van der Waals surface area contributed by atoms with Crippen LogP contribution in [0.4, 0.5) is 4.39 Å². The molecule has 1 fully saturated rings. The number of hydrogen-bond acceptors (Lipinski definition) is 7. The minimum Gasteiger partial charge on any atom is -0.493 e. The molecule has 0 spiro atoms. The first-order valence-electron chi connectivity index (χ1n) is 11.2. The molecule has 34 heavy (non-hydrogen) atoms. The molecule has 1 atom stereocenters. The maximum Gasteiger partial charge on any atom is 0.241 e. The molecule has 3 aromatic rings. The maximum absolute atomic E-state index is 13.2. The molecule has 180 valence electrons. The molecule has 4 rings (SSSR count). The average Bonchev–Trinajstić information content (AvgIpc) is 3.32. The summed E-state index contributed by atoms with van der Waals surface area (Å²) in [7, 11) is 5.02. The first-order chi connectivity index (χ1) is 16.5. The molecule has 0 radical (unpaired) electrons. The zero-order valence-electron chi connectivity index (χ0n) is 19.7. The first kappa shape index (κ1) is 23.7. The van der Waals surface area contributed by atoms with Crippen LogP contribution in [0.2, 0.25) is 0 Å². The van der Waals surface area contributed by atoms with Crippen molar-refractivity contribution < 1.29 is 23.2 Å². The van der Waals surface area contributed by atoms with E-state index in [0.29, 0.717) is 48.4 Å². The summed E-state index contributed by atoms with van der Waals surface area (Å²) in [6.45, 7) is 2.44. The Morgan fingerprint density at radius 1 is 1.18 bits per heavy atom. The van der Waals surface area contributed by atoms with Gasteiger partial charge in [-0.15, -0.1) is 0 Å². The Hall–Kier alpha value is -3.46. The largest absolute Gasteiger partial charge is 0.493 e. The standard InChI is InChI=1S/C25H29FN4O4/c1-29(14-17-6-11-21(32-2)22(13-17)33-3)25(31)19-5-4-12-30(15-19)16-23-27-24(28-34-23)18-7-9-20(26)10-8-18/h6-11,13,19H,4-5,12,14-16H2,1-3H3. The number of benzene rings is 2. The van der Waals surface area contributed by atoms with Crippen LogP contribution in [-0.2, 0) is 17.9 Å². The van der Waals surface area contributed by atoms with Crippen LogP contribution in [0.1, 0.15) is 24.3 Å². The van der Waals surface area contributed by atoms with Gasteiger partial charge in [-0.05, 0) is 61.3 Å². The quantitative estimate of drug-likeness (QED) is 0.498. The maximum atomic E-state index is 13.2. The van der Waals surface area contributed by atoms with Crippen molar-refractivity contribution in [2.45, 2.75) is 25.9 Å². The SMILES string of the molecule is COc1ccc(CN(C)C(=O)C2CCCN(Cc3nc(-c4ccc(F)cc4)no3)C2)cc1OC. The number of amides is 1. The minimum atomic E-state index is -0.312. The topological polar surface area (TPSA) is 80.9 Å². The summed E-state index contributed by atoms with van der Waals surface area (Å²) in [5.74, 6) is 1.90. The van der Waals surface area contributed by atoms with Crippen molar-refractivity contribution >= 4 is 5.91 Å². The second kappa shape index (κ2) is 10.6. The van der Waals surface area contributed by atoms with Crippen molar-refractivity contribution in [2.75, 3.05) is 34.4 Å². The molecule has 0 saturated carbocycles. The molecule has 1 saturated heterocycles. The van der Waals surface area contributed by atoms with E-state index in [2.05, 4.69) is 15.0 Å². The highest BCUT2D eigenvalue weighted by atomic mass is 19.1. The summed E-state index contributed by atoms with van der Waals surface area (Å²) in [4.78, 5) is 21.5. The summed E-state index contributed by atoms with van der Waals surface area (Å²) in [6, 6.07) is 11.6. The molecule has 1 amide bonds. The molecule has 2 heterocycles. The van der Waals surface area contributed by atoms with E-state index in [1.54, 1.807) is 31.3 Å². The van der Waals surface area contributed by atoms with Crippen molar-refractivity contribution in [1.29, 1.82) is 0 Å². The number of nitrogens with zero attached hydrogens (tertiary/aromatic N) is 4. The van der Waals surface area contributed by atoms with Crippen molar-refractivity contribution in [1.82, 2.24) is 19.9 Å². The van der Waals surface area contributed by atoms with Crippen LogP contribution in [0.5, 0.6) is 11.5 Å². The van der Waals surface area contributed by atoms with Gasteiger partial charge in [0.15, 0.2) is 11.5 Å². The van der Waals surface area contributed by atoms with E-state index in [1.165, 1.54) is 12.1 Å². The summed E-state index contributed by atoms with van der Waals surface area (Å²) in [6.07, 6.45) is 1.76. The van der Waals surface area contributed by atoms with Crippen molar-refractivity contribution in [3.63, 3.8) is 0 Å². The van der Waals surface area contributed by atoms with Gasteiger partial charge in [0.1, 0.15) is 5.82 Å². The average molecular weight is 469 g/mol. The Kier molecular flexibility index (Phi) is 7.42. The Labute approximate surface area is 198 Å². The number of ether oxygens (including phenoxy) is 2. The lowest BCUT2D eigenvalue weighted by Crippen LogP contribution is -2.43. The zero-order valence-corrected chi connectivity index (χ0v) is 19.7. The van der Waals surface area contributed by atoms with E-state index >= 15 is 0 Å². The number of methoxy groups -OCH3 is 2. The van der Waals surface area contributed by atoms with Gasteiger partial charge >= 0.3 is 0 Å². The minimum absolute atomic E-state index is 0.0987. The van der Waals surface area contributed by atoms with Crippen LogP contribution in [0.15, 0.2) is 47.0 Å². The number of rotatable bonds is 8. The molecule has 1 aliphatic rings. The summed E-state index contributed by atoms with van der Waals surface area (Å²) < 4.78 is 29.2. The Bertz CT molecular complexity index is 1120. The molecule has 1 unspecified atom stereocenters. The lowest BCUT2D eigenvalue weighted by molar-refractivity contribution is -0.136. The molecule has 2 aromatic carbocycles. The van der Waals surface area contributed by atoms with Crippen LogP contribution in [-0.4, -0.2) is 60.2 Å². The number of carbonyl (C=O) groups excluding carboxylic acids is 1. The molecular weight excluding hydrogens is 439 g/mol. The van der Waals surface area contributed by atoms with Gasteiger partial charge in [0, 0.05) is 25.7 Å². The summed E-state index contributed by atoms with van der Waals surface area (Å²) in [5, 5.41) is 4.01. The lowest BCUT2D eigenvalue weighted by atomic mass is 9.96. The predicted octanol–water partition coefficient (Wildman–Crippen LogP) is 3.76. The third kappa shape index (κ3) is 5.53. The van der Waals surface area contributed by atoms with Crippen molar-refractivity contribution in [3.8, 4) is 22.9 Å². The van der Waals surface area contributed by atoms with E-state index in [4.69, 9.17) is 14.0 Å². The number of hydrogen-bond donors (Lipinski definition) is 0. The third-order valence-corrected chi connectivity index (χ3v) is 6.03. The first-order valence-corrected chi connectivity index (χ1v) is 11.2. The number of carbonyl (C=O) groups is 1. The molecular formula is C25H29FN4O4. The predicted molar refractivity (Wildman–Crippen MR) is 124 cm³/mol. The van der Waals surface area contributed by atoms with E-state index in [9.17, 15) is 9.18 Å². The van der Waals surface area contributed by atoms with Gasteiger partial charge in [0.25, 0.3) is 0 Å². The fraction of sp³-hybridized carbons (Fsp3) is 0.400. The zero-order chi connectivity index (χ0) is 24.1. The van der Waals surface area contributed by atoms with Gasteiger partial charge in [0.2, 0.25) is 17.6 Å². The monoisotopic (exact) mass is 468 g/mol. The van der Waals surface area contributed by atoms with Gasteiger partial charge < -0.3 is 18.9 Å². The van der Waals surface area contributed by atoms with Gasteiger partial charge in [-0.1, -0.05) is 11.2 Å². The van der Waals surface area contributed by atoms with Crippen molar-refractivity contribution in [3.05, 3.63) is 59.7 Å². The highest BCUT2D eigenvalue weighted by Gasteiger charge is 2.29. The number of likely N-dealkylation sites (tertiary alicyclic amines) is 1. The van der Waals surface area contributed by atoms with E-state index in [0.717, 1.165) is 24.9 Å². The fourth-order valence-electron chi connectivity index (χ4n) is 4.27. The highest BCUT2D eigenvalue weighted by Crippen LogP contribution is 2.28. The molecule has 0 N–H and O–H groups in total.